The standard InChI is InChI=1S/C15H15ClFN/c16-9-12-4-6-13(7-5-12)10-18-11-14-2-1-3-15(17)8-14/h1-8,18H,9-11H2. The van der Waals surface area contributed by atoms with Gasteiger partial charge in [-0.2, -0.15) is 0 Å². The van der Waals surface area contributed by atoms with Gasteiger partial charge in [-0.1, -0.05) is 36.4 Å². The lowest BCUT2D eigenvalue weighted by atomic mass is 10.1. The average molecular weight is 264 g/mol. The molecular weight excluding hydrogens is 249 g/mol. The Hall–Kier alpha value is -1.38. The first-order chi connectivity index (χ1) is 8.78. The van der Waals surface area contributed by atoms with Crippen LogP contribution in [-0.2, 0) is 19.0 Å². The summed E-state index contributed by atoms with van der Waals surface area (Å²) in [4.78, 5) is 0. The fraction of sp³-hybridized carbons (Fsp3) is 0.200. The fourth-order valence-corrected chi connectivity index (χ4v) is 1.92. The van der Waals surface area contributed by atoms with E-state index in [1.165, 1.54) is 11.6 Å². The molecule has 0 unspecified atom stereocenters. The zero-order chi connectivity index (χ0) is 12.8. The summed E-state index contributed by atoms with van der Waals surface area (Å²) >= 11 is 5.73. The highest BCUT2D eigenvalue weighted by Gasteiger charge is 1.96. The summed E-state index contributed by atoms with van der Waals surface area (Å²) in [6, 6.07) is 14.8. The summed E-state index contributed by atoms with van der Waals surface area (Å²) in [7, 11) is 0. The zero-order valence-electron chi connectivity index (χ0n) is 10.00. The molecule has 0 saturated heterocycles. The molecule has 2 aromatic rings. The predicted octanol–water partition coefficient (Wildman–Crippen LogP) is 3.85. The third kappa shape index (κ3) is 3.83. The Morgan fingerprint density at radius 1 is 0.889 bits per heavy atom. The molecule has 2 aromatic carbocycles. The largest absolute Gasteiger partial charge is 0.309 e. The number of alkyl halides is 1. The number of nitrogens with one attached hydrogen (secondary N) is 1. The molecule has 0 bridgehead atoms. The Morgan fingerprint density at radius 2 is 1.56 bits per heavy atom. The van der Waals surface area contributed by atoms with E-state index in [4.69, 9.17) is 11.6 Å². The molecule has 0 atom stereocenters. The molecule has 0 aliphatic carbocycles. The van der Waals surface area contributed by atoms with Crippen LogP contribution in [0.3, 0.4) is 0 Å². The Morgan fingerprint density at radius 3 is 2.22 bits per heavy atom. The van der Waals surface area contributed by atoms with Crippen molar-refractivity contribution in [2.75, 3.05) is 0 Å². The van der Waals surface area contributed by atoms with Crippen molar-refractivity contribution in [3.05, 3.63) is 71.0 Å². The molecule has 0 amide bonds. The topological polar surface area (TPSA) is 12.0 Å². The monoisotopic (exact) mass is 263 g/mol. The SMILES string of the molecule is Fc1cccc(CNCc2ccc(CCl)cc2)c1. The molecule has 1 N–H and O–H groups in total. The van der Waals surface area contributed by atoms with Crippen molar-refractivity contribution in [2.24, 2.45) is 0 Å². The van der Waals surface area contributed by atoms with Gasteiger partial charge in [0, 0.05) is 19.0 Å². The highest BCUT2D eigenvalue weighted by atomic mass is 35.5. The van der Waals surface area contributed by atoms with Gasteiger partial charge in [0.05, 0.1) is 0 Å². The van der Waals surface area contributed by atoms with E-state index < -0.39 is 0 Å². The van der Waals surface area contributed by atoms with Crippen molar-refractivity contribution in [3.63, 3.8) is 0 Å². The molecule has 0 aliphatic heterocycles. The molecular formula is C15H15ClFN. The molecule has 0 radical (unpaired) electrons. The minimum atomic E-state index is -0.194. The van der Waals surface area contributed by atoms with E-state index in [0.29, 0.717) is 12.4 Å². The second kappa shape index (κ2) is 6.53. The van der Waals surface area contributed by atoms with Crippen molar-refractivity contribution in [1.29, 1.82) is 0 Å². The van der Waals surface area contributed by atoms with Crippen LogP contribution in [0.15, 0.2) is 48.5 Å². The molecule has 0 saturated carbocycles. The van der Waals surface area contributed by atoms with E-state index in [0.717, 1.165) is 17.7 Å². The van der Waals surface area contributed by atoms with Crippen LogP contribution >= 0.6 is 11.6 Å². The molecule has 2 rings (SSSR count). The second-order valence-electron chi connectivity index (χ2n) is 4.18. The van der Waals surface area contributed by atoms with E-state index in [2.05, 4.69) is 17.4 Å². The normalized spacial score (nSPS) is 10.6. The zero-order valence-corrected chi connectivity index (χ0v) is 10.8. The van der Waals surface area contributed by atoms with Crippen molar-refractivity contribution in [1.82, 2.24) is 5.32 Å². The Labute approximate surface area is 112 Å². The molecule has 0 spiro atoms. The highest BCUT2D eigenvalue weighted by Crippen LogP contribution is 2.07. The van der Waals surface area contributed by atoms with Crippen LogP contribution in [-0.4, -0.2) is 0 Å². The Kier molecular flexibility index (Phi) is 4.73. The van der Waals surface area contributed by atoms with E-state index in [-0.39, 0.29) is 5.82 Å². The number of hydrogen-bond acceptors (Lipinski definition) is 1. The quantitative estimate of drug-likeness (QED) is 0.808. The van der Waals surface area contributed by atoms with Crippen LogP contribution in [0.5, 0.6) is 0 Å². The summed E-state index contributed by atoms with van der Waals surface area (Å²) in [6.45, 7) is 1.42. The lowest BCUT2D eigenvalue weighted by Gasteiger charge is -2.06. The summed E-state index contributed by atoms with van der Waals surface area (Å²) in [5.74, 6) is 0.345. The molecule has 0 fully saturated rings. The summed E-state index contributed by atoms with van der Waals surface area (Å²) < 4.78 is 13.0. The minimum absolute atomic E-state index is 0.194. The summed E-state index contributed by atoms with van der Waals surface area (Å²) in [6.07, 6.45) is 0. The van der Waals surface area contributed by atoms with Crippen LogP contribution in [0, 0.1) is 5.82 Å². The molecule has 18 heavy (non-hydrogen) atoms. The van der Waals surface area contributed by atoms with Gasteiger partial charge in [-0.05, 0) is 28.8 Å². The molecule has 3 heteroatoms. The summed E-state index contributed by atoms with van der Waals surface area (Å²) in [5.41, 5.74) is 3.26. The van der Waals surface area contributed by atoms with Crippen LogP contribution in [0.4, 0.5) is 4.39 Å². The van der Waals surface area contributed by atoms with Gasteiger partial charge < -0.3 is 5.32 Å². The maximum Gasteiger partial charge on any atom is 0.123 e. The van der Waals surface area contributed by atoms with E-state index in [1.807, 2.05) is 18.2 Å². The number of benzene rings is 2. The lowest BCUT2D eigenvalue weighted by Crippen LogP contribution is -2.12. The first-order valence-corrected chi connectivity index (χ1v) is 6.40. The third-order valence-corrected chi connectivity index (χ3v) is 3.03. The third-order valence-electron chi connectivity index (χ3n) is 2.72. The molecule has 0 aromatic heterocycles. The van der Waals surface area contributed by atoms with Crippen molar-refractivity contribution in [3.8, 4) is 0 Å². The number of halogens is 2. The van der Waals surface area contributed by atoms with Gasteiger partial charge in [0.2, 0.25) is 0 Å². The van der Waals surface area contributed by atoms with Gasteiger partial charge in [-0.3, -0.25) is 0 Å². The molecule has 0 aliphatic rings. The van der Waals surface area contributed by atoms with E-state index in [9.17, 15) is 4.39 Å². The highest BCUT2D eigenvalue weighted by molar-refractivity contribution is 6.17. The van der Waals surface area contributed by atoms with Gasteiger partial charge in [-0.25, -0.2) is 4.39 Å². The maximum atomic E-state index is 13.0. The van der Waals surface area contributed by atoms with Crippen LogP contribution in [0.25, 0.3) is 0 Å². The average Bonchev–Trinajstić information content (AvgIpc) is 2.40. The van der Waals surface area contributed by atoms with E-state index in [1.54, 1.807) is 12.1 Å². The Bertz CT molecular complexity index is 496. The van der Waals surface area contributed by atoms with Gasteiger partial charge >= 0.3 is 0 Å². The fourth-order valence-electron chi connectivity index (χ4n) is 1.74. The number of rotatable bonds is 5. The second-order valence-corrected chi connectivity index (χ2v) is 4.45. The minimum Gasteiger partial charge on any atom is -0.309 e. The molecule has 94 valence electrons. The predicted molar refractivity (Wildman–Crippen MR) is 72.9 cm³/mol. The van der Waals surface area contributed by atoms with Gasteiger partial charge in [0.15, 0.2) is 0 Å². The van der Waals surface area contributed by atoms with Gasteiger partial charge in [-0.15, -0.1) is 11.6 Å². The Balaban J connectivity index is 1.84. The van der Waals surface area contributed by atoms with Crippen LogP contribution in [0.1, 0.15) is 16.7 Å². The van der Waals surface area contributed by atoms with Crippen LogP contribution in [0.2, 0.25) is 0 Å². The summed E-state index contributed by atoms with van der Waals surface area (Å²) in [5, 5.41) is 3.28. The van der Waals surface area contributed by atoms with Crippen molar-refractivity contribution in [2.45, 2.75) is 19.0 Å². The first-order valence-electron chi connectivity index (χ1n) is 5.87. The van der Waals surface area contributed by atoms with Gasteiger partial charge in [0.1, 0.15) is 5.82 Å². The number of hydrogen-bond donors (Lipinski definition) is 1. The maximum absolute atomic E-state index is 13.0. The molecule has 0 heterocycles. The van der Waals surface area contributed by atoms with Crippen LogP contribution < -0.4 is 5.32 Å². The van der Waals surface area contributed by atoms with Crippen molar-refractivity contribution >= 4 is 11.6 Å². The first kappa shape index (κ1) is 13.1. The molecule has 1 nitrogen and oxygen atoms in total. The smallest absolute Gasteiger partial charge is 0.123 e. The van der Waals surface area contributed by atoms with Crippen molar-refractivity contribution < 1.29 is 4.39 Å². The van der Waals surface area contributed by atoms with Gasteiger partial charge in [0.25, 0.3) is 0 Å². The lowest BCUT2D eigenvalue weighted by molar-refractivity contribution is 0.620. The van der Waals surface area contributed by atoms with E-state index >= 15 is 0 Å².